The predicted octanol–water partition coefficient (Wildman–Crippen LogP) is 3.49. The van der Waals surface area contributed by atoms with Crippen LogP contribution in [0.3, 0.4) is 0 Å². The van der Waals surface area contributed by atoms with Crippen molar-refractivity contribution < 1.29 is 0 Å². The van der Waals surface area contributed by atoms with Crippen LogP contribution in [0.2, 0.25) is 0 Å². The van der Waals surface area contributed by atoms with Gasteiger partial charge in [0.05, 0.1) is 10.8 Å². The highest BCUT2D eigenvalue weighted by Crippen LogP contribution is 2.21. The van der Waals surface area contributed by atoms with Crippen molar-refractivity contribution in [1.82, 2.24) is 0 Å². The van der Waals surface area contributed by atoms with Crippen molar-refractivity contribution >= 4 is 39.0 Å². The Morgan fingerprint density at radius 2 is 2.27 bits per heavy atom. The summed E-state index contributed by atoms with van der Waals surface area (Å²) in [6, 6.07) is 5.82. The molecule has 11 heavy (non-hydrogen) atoms. The van der Waals surface area contributed by atoms with Crippen LogP contribution in [0.5, 0.6) is 0 Å². The predicted molar refractivity (Wildman–Crippen MR) is 53.6 cm³/mol. The van der Waals surface area contributed by atoms with Crippen molar-refractivity contribution in [3.63, 3.8) is 0 Å². The van der Waals surface area contributed by atoms with Crippen LogP contribution in [-0.2, 0) is 0 Å². The Morgan fingerprint density at radius 3 is 2.82 bits per heavy atom. The van der Waals surface area contributed by atoms with Gasteiger partial charge < -0.3 is 0 Å². The molecule has 1 nitrogen and oxygen atoms in total. The number of hydrogen-bond donors (Lipinski definition) is 0. The number of hydrogen-bond acceptors (Lipinski definition) is 2. The summed E-state index contributed by atoms with van der Waals surface area (Å²) in [4.78, 5) is 3.89. The van der Waals surface area contributed by atoms with E-state index in [1.807, 2.05) is 25.1 Å². The van der Waals surface area contributed by atoms with Gasteiger partial charge in [0.2, 0.25) is 0 Å². The highest BCUT2D eigenvalue weighted by atomic mass is 79.9. The lowest BCUT2D eigenvalue weighted by Crippen LogP contribution is -1.73. The van der Waals surface area contributed by atoms with Gasteiger partial charge in [-0.05, 0) is 42.9 Å². The molecule has 0 radical (unpaired) electrons. The highest BCUT2D eigenvalue weighted by molar-refractivity contribution is 9.10. The molecule has 0 saturated carbocycles. The summed E-state index contributed by atoms with van der Waals surface area (Å²) in [6.07, 6.45) is 0. The summed E-state index contributed by atoms with van der Waals surface area (Å²) in [5.41, 5.74) is 1.97. The zero-order valence-corrected chi connectivity index (χ0v) is 8.37. The first-order valence-electron chi connectivity index (χ1n) is 3.08. The van der Waals surface area contributed by atoms with E-state index in [1.165, 1.54) is 0 Å². The summed E-state index contributed by atoms with van der Waals surface area (Å²) >= 11 is 7.86. The van der Waals surface area contributed by atoms with Crippen LogP contribution in [0.1, 0.15) is 5.56 Å². The minimum absolute atomic E-state index is 0.878. The molecule has 0 aliphatic heterocycles. The fourth-order valence-corrected chi connectivity index (χ4v) is 1.37. The summed E-state index contributed by atoms with van der Waals surface area (Å²) in [5.74, 6) is 0. The molecule has 3 heteroatoms. The minimum atomic E-state index is 0.878. The van der Waals surface area contributed by atoms with Crippen molar-refractivity contribution in [3.05, 3.63) is 28.2 Å². The molecule has 0 aliphatic carbocycles. The van der Waals surface area contributed by atoms with Gasteiger partial charge in [-0.25, -0.2) is 0 Å². The summed E-state index contributed by atoms with van der Waals surface area (Å²) in [5, 5.41) is 2.34. The van der Waals surface area contributed by atoms with Crippen LogP contribution < -0.4 is 0 Å². The molecule has 0 heterocycles. The van der Waals surface area contributed by atoms with Gasteiger partial charge in [-0.15, -0.1) is 0 Å². The van der Waals surface area contributed by atoms with Crippen molar-refractivity contribution in [1.29, 1.82) is 0 Å². The van der Waals surface area contributed by atoms with E-state index in [1.54, 1.807) is 0 Å². The Bertz CT molecular complexity index is 316. The van der Waals surface area contributed by atoms with Gasteiger partial charge >= 0.3 is 0 Å². The minimum Gasteiger partial charge on any atom is -0.194 e. The smallest absolute Gasteiger partial charge is 0.0769 e. The third kappa shape index (κ3) is 2.22. The van der Waals surface area contributed by atoms with Crippen molar-refractivity contribution in [2.45, 2.75) is 6.92 Å². The van der Waals surface area contributed by atoms with Crippen LogP contribution in [0, 0.1) is 6.92 Å². The fraction of sp³-hybridized carbons (Fsp3) is 0.125. The van der Waals surface area contributed by atoms with Crippen LogP contribution in [-0.4, -0.2) is 5.16 Å². The molecule has 56 valence electrons. The summed E-state index contributed by atoms with van der Waals surface area (Å²) < 4.78 is 1.05. The number of nitrogens with zero attached hydrogens (tertiary/aromatic N) is 1. The number of aryl methyl sites for hydroxylation is 1. The maximum absolute atomic E-state index is 4.50. The molecule has 0 N–H and O–H groups in total. The van der Waals surface area contributed by atoms with E-state index in [-0.39, 0.29) is 0 Å². The summed E-state index contributed by atoms with van der Waals surface area (Å²) in [6.45, 7) is 1.98. The Labute approximate surface area is 79.3 Å². The van der Waals surface area contributed by atoms with Crippen LogP contribution in [0.25, 0.3) is 0 Å². The second-order valence-corrected chi connectivity index (χ2v) is 3.23. The molecule has 0 aliphatic rings. The van der Waals surface area contributed by atoms with Crippen molar-refractivity contribution in [2.24, 2.45) is 4.99 Å². The lowest BCUT2D eigenvalue weighted by molar-refractivity contribution is 1.40. The first-order chi connectivity index (χ1) is 5.24. The Balaban J connectivity index is 3.19. The van der Waals surface area contributed by atoms with Gasteiger partial charge in [0.15, 0.2) is 0 Å². The molecule has 1 rings (SSSR count). The Kier molecular flexibility index (Phi) is 2.94. The molecule has 0 bridgehead atoms. The molecule has 0 atom stereocenters. The van der Waals surface area contributed by atoms with E-state index in [9.17, 15) is 0 Å². The molecule has 0 fully saturated rings. The zero-order valence-electron chi connectivity index (χ0n) is 5.97. The molecule has 1 aromatic carbocycles. The van der Waals surface area contributed by atoms with Crippen LogP contribution in [0.15, 0.2) is 27.7 Å². The van der Waals surface area contributed by atoms with E-state index in [4.69, 9.17) is 0 Å². The standard InChI is InChI=1S/C8H6BrNS/c1-6-4-7(9)2-3-8(6)10-5-11/h2-4H,1H3. The molecule has 0 unspecified atom stereocenters. The van der Waals surface area contributed by atoms with E-state index in [2.05, 4.69) is 38.3 Å². The lowest BCUT2D eigenvalue weighted by atomic mass is 10.2. The van der Waals surface area contributed by atoms with Crippen LogP contribution in [0.4, 0.5) is 5.69 Å². The quantitative estimate of drug-likeness (QED) is 0.529. The number of isothiocyanates is 1. The maximum atomic E-state index is 4.50. The molecule has 0 saturated heterocycles. The van der Waals surface area contributed by atoms with E-state index >= 15 is 0 Å². The largest absolute Gasteiger partial charge is 0.194 e. The number of rotatable bonds is 1. The first kappa shape index (κ1) is 8.60. The van der Waals surface area contributed by atoms with E-state index in [0.29, 0.717) is 0 Å². The van der Waals surface area contributed by atoms with E-state index in [0.717, 1.165) is 15.7 Å². The van der Waals surface area contributed by atoms with Crippen molar-refractivity contribution in [2.75, 3.05) is 0 Å². The van der Waals surface area contributed by atoms with Gasteiger partial charge in [-0.1, -0.05) is 15.9 Å². The maximum Gasteiger partial charge on any atom is 0.0769 e. The molecule has 1 aromatic rings. The second-order valence-electron chi connectivity index (χ2n) is 2.13. The zero-order chi connectivity index (χ0) is 8.27. The molecule has 0 spiro atoms. The Morgan fingerprint density at radius 1 is 1.55 bits per heavy atom. The number of thiocarbonyl (C=S) groups is 1. The third-order valence-corrected chi connectivity index (χ3v) is 1.91. The number of aliphatic imine (C=N–C) groups is 1. The van der Waals surface area contributed by atoms with Gasteiger partial charge in [-0.3, -0.25) is 0 Å². The highest BCUT2D eigenvalue weighted by Gasteiger charge is 1.94. The van der Waals surface area contributed by atoms with Gasteiger partial charge in [0, 0.05) is 4.47 Å². The topological polar surface area (TPSA) is 12.4 Å². The number of halogens is 1. The molecule has 0 aromatic heterocycles. The van der Waals surface area contributed by atoms with Gasteiger partial charge in [-0.2, -0.15) is 4.99 Å². The average Bonchev–Trinajstić information content (AvgIpc) is 1.95. The fourth-order valence-electron chi connectivity index (χ4n) is 0.793. The first-order valence-corrected chi connectivity index (χ1v) is 4.28. The number of benzene rings is 1. The monoisotopic (exact) mass is 227 g/mol. The SMILES string of the molecule is Cc1cc(Br)ccc1N=C=S. The summed E-state index contributed by atoms with van der Waals surface area (Å²) in [7, 11) is 0. The normalized spacial score (nSPS) is 8.91. The molecular formula is C8H6BrNS. The van der Waals surface area contributed by atoms with Crippen LogP contribution >= 0.6 is 28.1 Å². The van der Waals surface area contributed by atoms with E-state index < -0.39 is 0 Å². The lowest BCUT2D eigenvalue weighted by Gasteiger charge is -1.97. The second kappa shape index (κ2) is 3.77. The van der Waals surface area contributed by atoms with Crippen molar-refractivity contribution in [3.8, 4) is 0 Å². The molecule has 0 amide bonds. The van der Waals surface area contributed by atoms with Gasteiger partial charge in [0.1, 0.15) is 0 Å². The average molecular weight is 228 g/mol. The molecular weight excluding hydrogens is 222 g/mol. The Hall–Kier alpha value is -0.500. The third-order valence-electron chi connectivity index (χ3n) is 1.32. The van der Waals surface area contributed by atoms with Gasteiger partial charge in [0.25, 0.3) is 0 Å².